The first-order chi connectivity index (χ1) is 8.79. The van der Waals surface area contributed by atoms with Crippen LogP contribution in [0.25, 0.3) is 0 Å². The van der Waals surface area contributed by atoms with Crippen molar-refractivity contribution in [3.8, 4) is 0 Å². The number of nitrogens with zero attached hydrogens (tertiary/aromatic N) is 2. The normalized spacial score (nSPS) is 18.6. The number of carbonyl (C=O) groups excluding carboxylic acids is 1. The van der Waals surface area contributed by atoms with Crippen LogP contribution in [0.4, 0.5) is 5.82 Å². The predicted molar refractivity (Wildman–Crippen MR) is 69.5 cm³/mol. The second kappa shape index (κ2) is 6.30. The summed E-state index contributed by atoms with van der Waals surface area (Å²) in [4.78, 5) is 11.5. The summed E-state index contributed by atoms with van der Waals surface area (Å²) in [6, 6.07) is 3.48. The quantitative estimate of drug-likeness (QED) is 0.697. The zero-order valence-corrected chi connectivity index (χ0v) is 10.6. The Hall–Kier alpha value is -1.69. The molecule has 1 aliphatic heterocycles. The molecule has 2 heterocycles. The minimum atomic E-state index is -0.184. The molecule has 0 bridgehead atoms. The number of rotatable bonds is 5. The highest BCUT2D eigenvalue weighted by molar-refractivity contribution is 5.92. The van der Waals surface area contributed by atoms with Gasteiger partial charge in [0.2, 0.25) is 0 Å². The lowest BCUT2D eigenvalue weighted by Gasteiger charge is -2.10. The first-order valence-electron chi connectivity index (χ1n) is 6.36. The number of aromatic nitrogens is 2. The largest absolute Gasteiger partial charge is 0.368 e. The van der Waals surface area contributed by atoms with Gasteiger partial charge in [-0.1, -0.05) is 0 Å². The molecule has 1 aromatic heterocycles. The van der Waals surface area contributed by atoms with E-state index < -0.39 is 0 Å². The lowest BCUT2D eigenvalue weighted by molar-refractivity contribution is 0.0950. The Kier molecular flexibility index (Phi) is 4.46. The molecule has 1 saturated heterocycles. The molecular formula is C12H19N5O. The van der Waals surface area contributed by atoms with Gasteiger partial charge in [-0.2, -0.15) is 0 Å². The smallest absolute Gasteiger partial charge is 0.271 e. The maximum Gasteiger partial charge on any atom is 0.271 e. The van der Waals surface area contributed by atoms with E-state index in [2.05, 4.69) is 26.1 Å². The number of hydrogen-bond acceptors (Lipinski definition) is 5. The average molecular weight is 249 g/mol. The van der Waals surface area contributed by atoms with Gasteiger partial charge in [-0.3, -0.25) is 4.79 Å². The average Bonchev–Trinajstić information content (AvgIpc) is 2.90. The van der Waals surface area contributed by atoms with Crippen LogP contribution >= 0.6 is 0 Å². The summed E-state index contributed by atoms with van der Waals surface area (Å²) in [5.74, 6) is 1.18. The molecule has 1 unspecified atom stereocenters. The molecule has 0 aromatic carbocycles. The minimum absolute atomic E-state index is 0.184. The van der Waals surface area contributed by atoms with Gasteiger partial charge in [0.25, 0.3) is 5.91 Å². The molecule has 0 saturated carbocycles. The summed E-state index contributed by atoms with van der Waals surface area (Å²) in [5, 5.41) is 17.1. The SMILES string of the molecule is CCNC(=O)c1ccc(NCC2CCNC2)nn1. The Labute approximate surface area is 107 Å². The van der Waals surface area contributed by atoms with Gasteiger partial charge in [0.15, 0.2) is 5.69 Å². The Balaban J connectivity index is 1.85. The van der Waals surface area contributed by atoms with Gasteiger partial charge in [-0.25, -0.2) is 0 Å². The number of hydrogen-bond donors (Lipinski definition) is 3. The van der Waals surface area contributed by atoms with Crippen molar-refractivity contribution in [2.75, 3.05) is 31.5 Å². The highest BCUT2D eigenvalue weighted by Crippen LogP contribution is 2.09. The fraction of sp³-hybridized carbons (Fsp3) is 0.583. The molecule has 0 aliphatic carbocycles. The molecule has 98 valence electrons. The summed E-state index contributed by atoms with van der Waals surface area (Å²) in [6.45, 7) is 5.50. The van der Waals surface area contributed by atoms with Crippen LogP contribution in [-0.4, -0.2) is 42.3 Å². The van der Waals surface area contributed by atoms with Crippen molar-refractivity contribution in [1.29, 1.82) is 0 Å². The van der Waals surface area contributed by atoms with E-state index in [1.165, 1.54) is 6.42 Å². The summed E-state index contributed by atoms with van der Waals surface area (Å²) in [6.07, 6.45) is 1.19. The fourth-order valence-electron chi connectivity index (χ4n) is 1.94. The molecule has 0 radical (unpaired) electrons. The van der Waals surface area contributed by atoms with E-state index in [0.29, 0.717) is 18.2 Å². The Morgan fingerprint density at radius 3 is 3.00 bits per heavy atom. The predicted octanol–water partition coefficient (Wildman–Crippen LogP) is 0.248. The lowest BCUT2D eigenvalue weighted by Crippen LogP contribution is -2.24. The van der Waals surface area contributed by atoms with Crippen molar-refractivity contribution in [1.82, 2.24) is 20.8 Å². The molecule has 2 rings (SSSR count). The first-order valence-corrected chi connectivity index (χ1v) is 6.36. The minimum Gasteiger partial charge on any atom is -0.368 e. The highest BCUT2D eigenvalue weighted by Gasteiger charge is 2.14. The molecule has 1 fully saturated rings. The van der Waals surface area contributed by atoms with Crippen LogP contribution in [0.5, 0.6) is 0 Å². The molecule has 1 atom stereocenters. The third-order valence-electron chi connectivity index (χ3n) is 2.97. The number of anilines is 1. The number of carbonyl (C=O) groups is 1. The van der Waals surface area contributed by atoms with Crippen molar-refractivity contribution in [3.05, 3.63) is 17.8 Å². The summed E-state index contributed by atoms with van der Waals surface area (Å²) < 4.78 is 0. The van der Waals surface area contributed by atoms with E-state index in [4.69, 9.17) is 0 Å². The maximum absolute atomic E-state index is 11.5. The summed E-state index contributed by atoms with van der Waals surface area (Å²) in [5.41, 5.74) is 0.352. The van der Waals surface area contributed by atoms with Crippen molar-refractivity contribution in [2.45, 2.75) is 13.3 Å². The highest BCUT2D eigenvalue weighted by atomic mass is 16.1. The van der Waals surface area contributed by atoms with Crippen LogP contribution in [0.2, 0.25) is 0 Å². The third kappa shape index (κ3) is 3.40. The molecule has 6 heteroatoms. The van der Waals surface area contributed by atoms with Crippen LogP contribution in [0, 0.1) is 5.92 Å². The molecular weight excluding hydrogens is 230 g/mol. The number of amides is 1. The van der Waals surface area contributed by atoms with Crippen molar-refractivity contribution in [2.24, 2.45) is 5.92 Å². The summed E-state index contributed by atoms with van der Waals surface area (Å²) >= 11 is 0. The topological polar surface area (TPSA) is 78.9 Å². The van der Waals surface area contributed by atoms with Gasteiger partial charge in [0.05, 0.1) is 0 Å². The Bertz CT molecular complexity index is 386. The van der Waals surface area contributed by atoms with Gasteiger partial charge in [0, 0.05) is 13.1 Å². The summed E-state index contributed by atoms with van der Waals surface area (Å²) in [7, 11) is 0. The van der Waals surface area contributed by atoms with Gasteiger partial charge in [-0.15, -0.1) is 10.2 Å². The van der Waals surface area contributed by atoms with E-state index >= 15 is 0 Å². The van der Waals surface area contributed by atoms with Gasteiger partial charge >= 0.3 is 0 Å². The van der Waals surface area contributed by atoms with E-state index in [1.54, 1.807) is 12.1 Å². The second-order valence-electron chi connectivity index (χ2n) is 4.40. The van der Waals surface area contributed by atoms with Gasteiger partial charge < -0.3 is 16.0 Å². The molecule has 1 aliphatic rings. The van der Waals surface area contributed by atoms with Crippen molar-refractivity contribution < 1.29 is 4.79 Å². The van der Waals surface area contributed by atoms with Crippen LogP contribution in [0.15, 0.2) is 12.1 Å². The zero-order valence-electron chi connectivity index (χ0n) is 10.6. The molecule has 1 aromatic rings. The van der Waals surface area contributed by atoms with Crippen LogP contribution in [-0.2, 0) is 0 Å². The van der Waals surface area contributed by atoms with E-state index in [-0.39, 0.29) is 5.91 Å². The Morgan fingerprint density at radius 2 is 2.39 bits per heavy atom. The second-order valence-corrected chi connectivity index (χ2v) is 4.40. The van der Waals surface area contributed by atoms with E-state index in [9.17, 15) is 4.79 Å². The van der Waals surface area contributed by atoms with Crippen LogP contribution in [0.3, 0.4) is 0 Å². The lowest BCUT2D eigenvalue weighted by atomic mass is 10.1. The van der Waals surface area contributed by atoms with Gasteiger partial charge in [0.1, 0.15) is 5.82 Å². The van der Waals surface area contributed by atoms with Crippen molar-refractivity contribution in [3.63, 3.8) is 0 Å². The first kappa shape index (κ1) is 12.8. The molecule has 0 spiro atoms. The van der Waals surface area contributed by atoms with Crippen LogP contribution in [0.1, 0.15) is 23.8 Å². The van der Waals surface area contributed by atoms with Crippen LogP contribution < -0.4 is 16.0 Å². The fourth-order valence-corrected chi connectivity index (χ4v) is 1.94. The zero-order chi connectivity index (χ0) is 12.8. The van der Waals surface area contributed by atoms with Gasteiger partial charge in [-0.05, 0) is 44.5 Å². The maximum atomic E-state index is 11.5. The monoisotopic (exact) mass is 249 g/mol. The van der Waals surface area contributed by atoms with E-state index in [1.807, 2.05) is 6.92 Å². The molecule has 18 heavy (non-hydrogen) atoms. The molecule has 1 amide bonds. The Morgan fingerprint density at radius 1 is 1.50 bits per heavy atom. The molecule has 3 N–H and O–H groups in total. The van der Waals surface area contributed by atoms with E-state index in [0.717, 1.165) is 25.5 Å². The van der Waals surface area contributed by atoms with Crippen molar-refractivity contribution >= 4 is 11.7 Å². The third-order valence-corrected chi connectivity index (χ3v) is 2.97. The number of nitrogens with one attached hydrogen (secondary N) is 3. The standard InChI is InChI=1S/C12H19N5O/c1-2-14-12(18)10-3-4-11(17-16-10)15-8-9-5-6-13-7-9/h3-4,9,13H,2,5-8H2,1H3,(H,14,18)(H,15,17). The molecule has 6 nitrogen and oxygen atoms in total.